The molecule has 7 heteroatoms. The number of phenols is 1. The maximum atomic E-state index is 12.9. The average molecular weight is 438 g/mol. The molecule has 0 radical (unpaired) electrons. The maximum Gasteiger partial charge on any atom is 0.179 e. The Hall–Kier alpha value is -3.32. The molecule has 0 amide bonds. The number of benzene rings is 2. The van der Waals surface area contributed by atoms with Gasteiger partial charge in [-0.15, -0.1) is 0 Å². The smallest absolute Gasteiger partial charge is 0.179 e. The van der Waals surface area contributed by atoms with Crippen molar-refractivity contribution in [1.29, 1.82) is 0 Å². The zero-order valence-electron chi connectivity index (χ0n) is 16.9. The number of ketones is 2. The van der Waals surface area contributed by atoms with Crippen molar-refractivity contribution < 1.29 is 23.1 Å². The number of nitrogens with zero attached hydrogens (tertiary/aromatic N) is 1. The normalized spacial score (nSPS) is 11.2. The lowest BCUT2D eigenvalue weighted by Gasteiger charge is -2.10. The van der Waals surface area contributed by atoms with Gasteiger partial charge in [-0.05, 0) is 42.3 Å². The van der Waals surface area contributed by atoms with Gasteiger partial charge >= 0.3 is 0 Å². The maximum absolute atomic E-state index is 12.9. The molecule has 2 aromatic carbocycles. The molecule has 0 bridgehead atoms. The zero-order valence-corrected chi connectivity index (χ0v) is 17.7. The molecule has 160 valence electrons. The Morgan fingerprint density at radius 3 is 2.29 bits per heavy atom. The molecule has 1 N–H and O–H groups in total. The third kappa shape index (κ3) is 6.33. The highest BCUT2D eigenvalue weighted by molar-refractivity contribution is 7.91. The predicted octanol–water partition coefficient (Wildman–Crippen LogP) is 3.58. The first-order valence-corrected chi connectivity index (χ1v) is 11.5. The quantitative estimate of drug-likeness (QED) is 0.487. The van der Waals surface area contributed by atoms with Crippen molar-refractivity contribution in [2.24, 2.45) is 0 Å². The lowest BCUT2D eigenvalue weighted by atomic mass is 10.1. The van der Waals surface area contributed by atoms with Crippen LogP contribution in [0.5, 0.6) is 5.75 Å². The third-order valence-electron chi connectivity index (χ3n) is 4.84. The second-order valence-corrected chi connectivity index (χ2v) is 9.27. The van der Waals surface area contributed by atoms with Gasteiger partial charge in [-0.3, -0.25) is 14.6 Å². The standard InChI is InChI=1S/C24H23NO5S/c26-20-11-8-18(9-12-20)17-21(27)14-16-31(29,30)24-7-2-1-6-22(24)23(28)13-10-19-5-3-4-15-25-19/h1-9,11-12,15,26H,10,13-14,16-17H2. The van der Waals surface area contributed by atoms with E-state index in [2.05, 4.69) is 4.98 Å². The topological polar surface area (TPSA) is 101 Å². The van der Waals surface area contributed by atoms with Crippen molar-refractivity contribution >= 4 is 21.4 Å². The second kappa shape index (κ2) is 10.1. The molecule has 3 rings (SSSR count). The molecule has 0 aliphatic heterocycles. The highest BCUT2D eigenvalue weighted by Crippen LogP contribution is 2.21. The molecule has 0 saturated carbocycles. The first-order chi connectivity index (χ1) is 14.8. The number of pyridine rings is 1. The highest BCUT2D eigenvalue weighted by Gasteiger charge is 2.23. The summed E-state index contributed by atoms with van der Waals surface area (Å²) in [5, 5.41) is 9.31. The molecule has 6 nitrogen and oxygen atoms in total. The lowest BCUT2D eigenvalue weighted by molar-refractivity contribution is -0.118. The van der Waals surface area contributed by atoms with E-state index < -0.39 is 9.84 Å². The molecule has 0 spiro atoms. The van der Waals surface area contributed by atoms with Crippen LogP contribution in [0.25, 0.3) is 0 Å². The summed E-state index contributed by atoms with van der Waals surface area (Å²) in [6.45, 7) is 0. The molecule has 0 fully saturated rings. The highest BCUT2D eigenvalue weighted by atomic mass is 32.2. The van der Waals surface area contributed by atoms with E-state index in [1.807, 2.05) is 12.1 Å². The van der Waals surface area contributed by atoms with Crippen molar-refractivity contribution in [3.05, 3.63) is 89.7 Å². The van der Waals surface area contributed by atoms with E-state index in [1.165, 1.54) is 24.3 Å². The van der Waals surface area contributed by atoms with E-state index in [-0.39, 0.29) is 52.8 Å². The summed E-state index contributed by atoms with van der Waals surface area (Å²) < 4.78 is 25.8. The van der Waals surface area contributed by atoms with Crippen molar-refractivity contribution in [2.75, 3.05) is 5.75 Å². The molecule has 0 unspecified atom stereocenters. The first kappa shape index (κ1) is 22.4. The van der Waals surface area contributed by atoms with Crippen molar-refractivity contribution in [2.45, 2.75) is 30.6 Å². The van der Waals surface area contributed by atoms with Crippen LogP contribution >= 0.6 is 0 Å². The number of carbonyl (C=O) groups is 2. The van der Waals surface area contributed by atoms with Gasteiger partial charge in [-0.1, -0.05) is 36.4 Å². The Morgan fingerprint density at radius 2 is 1.58 bits per heavy atom. The van der Waals surface area contributed by atoms with Crippen molar-refractivity contribution in [3.63, 3.8) is 0 Å². The Labute approximate surface area is 181 Å². The van der Waals surface area contributed by atoms with Crippen molar-refractivity contribution in [1.82, 2.24) is 4.98 Å². The van der Waals surface area contributed by atoms with Gasteiger partial charge in [0.1, 0.15) is 11.5 Å². The van der Waals surface area contributed by atoms with Gasteiger partial charge < -0.3 is 5.11 Å². The van der Waals surface area contributed by atoms with Crippen LogP contribution in [0.1, 0.15) is 34.5 Å². The summed E-state index contributed by atoms with van der Waals surface area (Å²) in [6.07, 6.45) is 2.13. The van der Waals surface area contributed by atoms with Crippen LogP contribution in [0.4, 0.5) is 0 Å². The number of aromatic nitrogens is 1. The zero-order chi connectivity index (χ0) is 22.3. The summed E-state index contributed by atoms with van der Waals surface area (Å²) in [7, 11) is -3.81. The number of rotatable bonds is 10. The molecule has 1 aromatic heterocycles. The van der Waals surface area contributed by atoms with Crippen LogP contribution in [-0.4, -0.2) is 35.8 Å². The van der Waals surface area contributed by atoms with Crippen LogP contribution < -0.4 is 0 Å². The summed E-state index contributed by atoms with van der Waals surface area (Å²) in [5.41, 5.74) is 1.60. The van der Waals surface area contributed by atoms with E-state index in [9.17, 15) is 23.1 Å². The molecule has 0 saturated heterocycles. The van der Waals surface area contributed by atoms with E-state index >= 15 is 0 Å². The van der Waals surface area contributed by atoms with E-state index in [0.29, 0.717) is 12.0 Å². The minimum Gasteiger partial charge on any atom is -0.508 e. The summed E-state index contributed by atoms with van der Waals surface area (Å²) >= 11 is 0. The minimum atomic E-state index is -3.81. The third-order valence-corrected chi connectivity index (χ3v) is 6.61. The van der Waals surface area contributed by atoms with Crippen LogP contribution in [0.15, 0.2) is 77.8 Å². The van der Waals surface area contributed by atoms with E-state index in [0.717, 1.165) is 5.69 Å². The van der Waals surface area contributed by atoms with Crippen molar-refractivity contribution in [3.8, 4) is 5.75 Å². The van der Waals surface area contributed by atoms with E-state index in [4.69, 9.17) is 0 Å². The van der Waals surface area contributed by atoms with Gasteiger partial charge in [0.05, 0.1) is 10.6 Å². The second-order valence-electron chi connectivity index (χ2n) is 7.19. The number of phenolic OH excluding ortho intramolecular Hbond substituents is 1. The number of aryl methyl sites for hydroxylation is 1. The number of hydrogen-bond acceptors (Lipinski definition) is 6. The fraction of sp³-hybridized carbons (Fsp3) is 0.208. The monoisotopic (exact) mass is 437 g/mol. The predicted molar refractivity (Wildman–Crippen MR) is 117 cm³/mol. The fourth-order valence-corrected chi connectivity index (χ4v) is 4.70. The van der Waals surface area contributed by atoms with Crippen LogP contribution in [0.2, 0.25) is 0 Å². The molecule has 0 aliphatic rings. The largest absolute Gasteiger partial charge is 0.508 e. The Kier molecular flexibility index (Phi) is 7.31. The molecule has 1 heterocycles. The number of sulfone groups is 1. The summed E-state index contributed by atoms with van der Waals surface area (Å²) in [5.74, 6) is -0.773. The van der Waals surface area contributed by atoms with Gasteiger partial charge in [-0.2, -0.15) is 0 Å². The number of hydrogen-bond donors (Lipinski definition) is 1. The van der Waals surface area contributed by atoms with Crippen LogP contribution in [-0.2, 0) is 27.5 Å². The molecule has 0 atom stereocenters. The van der Waals surface area contributed by atoms with Gasteiger partial charge in [0.25, 0.3) is 0 Å². The SMILES string of the molecule is O=C(CCS(=O)(=O)c1ccccc1C(=O)CCc1ccccn1)Cc1ccc(O)cc1. The molecule has 3 aromatic rings. The minimum absolute atomic E-state index is 0.0431. The van der Waals surface area contributed by atoms with Gasteiger partial charge in [0, 0.05) is 36.7 Å². The summed E-state index contributed by atoms with van der Waals surface area (Å²) in [6, 6.07) is 17.8. The van der Waals surface area contributed by atoms with Gasteiger partial charge in [0.2, 0.25) is 0 Å². The molecule has 31 heavy (non-hydrogen) atoms. The molecular weight excluding hydrogens is 414 g/mol. The number of aromatic hydroxyl groups is 1. The Bertz CT molecular complexity index is 1160. The molecular formula is C24H23NO5S. The van der Waals surface area contributed by atoms with Gasteiger partial charge in [-0.25, -0.2) is 8.42 Å². The Morgan fingerprint density at radius 1 is 0.871 bits per heavy atom. The van der Waals surface area contributed by atoms with E-state index in [1.54, 1.807) is 36.5 Å². The van der Waals surface area contributed by atoms with Crippen LogP contribution in [0, 0.1) is 0 Å². The Balaban J connectivity index is 1.66. The van der Waals surface area contributed by atoms with Crippen LogP contribution in [0.3, 0.4) is 0 Å². The lowest BCUT2D eigenvalue weighted by Crippen LogP contribution is -2.16. The number of Topliss-reactive ketones (excluding diaryl/α,β-unsaturated/α-hetero) is 2. The average Bonchev–Trinajstić information content (AvgIpc) is 2.78. The fourth-order valence-electron chi connectivity index (χ4n) is 3.18. The van der Waals surface area contributed by atoms with Gasteiger partial charge in [0.15, 0.2) is 15.6 Å². The summed E-state index contributed by atoms with van der Waals surface area (Å²) in [4.78, 5) is 29.1. The first-order valence-electron chi connectivity index (χ1n) is 9.89. The molecule has 0 aliphatic carbocycles. The number of carbonyl (C=O) groups excluding carboxylic acids is 2.